The smallest absolute Gasteiger partial charge is 0.308 e. The minimum atomic E-state index is -0.811. The van der Waals surface area contributed by atoms with Crippen molar-refractivity contribution in [2.75, 3.05) is 0 Å². The van der Waals surface area contributed by atoms with Crippen LogP contribution in [0.5, 0.6) is 0 Å². The van der Waals surface area contributed by atoms with Gasteiger partial charge in [0.2, 0.25) is 11.9 Å². The molecule has 0 aliphatic heterocycles. The highest BCUT2D eigenvalue weighted by molar-refractivity contribution is 5.83. The van der Waals surface area contributed by atoms with E-state index in [1.54, 1.807) is 38.1 Å². The minimum Gasteiger partial charge on any atom is -0.463 e. The fourth-order valence-electron chi connectivity index (χ4n) is 2.39. The number of nitrogens with one attached hydrogen (secondary N) is 1. The lowest BCUT2D eigenvalue weighted by Gasteiger charge is -2.19. The highest BCUT2D eigenvalue weighted by atomic mass is 16.6. The first kappa shape index (κ1) is 16.9. The van der Waals surface area contributed by atoms with Crippen LogP contribution in [-0.4, -0.2) is 28.9 Å². The Bertz CT molecular complexity index is 587. The molecule has 1 aliphatic carbocycles. The molecule has 124 valence electrons. The van der Waals surface area contributed by atoms with Crippen molar-refractivity contribution >= 4 is 11.9 Å². The fraction of sp³-hybridized carbons (Fsp3) is 0.500. The first-order valence-electron chi connectivity index (χ1n) is 7.56. The third-order valence-electron chi connectivity index (χ3n) is 3.62. The molecule has 1 aliphatic rings. The molecule has 1 aromatic carbocycles. The van der Waals surface area contributed by atoms with Crippen molar-refractivity contribution in [1.29, 1.82) is 0 Å². The number of hydrogen-bond donors (Lipinski definition) is 1. The number of carbonyl (C=O) groups excluding carboxylic acids is 2. The van der Waals surface area contributed by atoms with E-state index < -0.39 is 34.8 Å². The van der Waals surface area contributed by atoms with Gasteiger partial charge in [0.1, 0.15) is 5.92 Å². The van der Waals surface area contributed by atoms with Crippen LogP contribution < -0.4 is 5.32 Å². The van der Waals surface area contributed by atoms with Gasteiger partial charge >= 0.3 is 5.97 Å². The van der Waals surface area contributed by atoms with Gasteiger partial charge in [0.15, 0.2) is 0 Å². The topological polar surface area (TPSA) is 98.5 Å². The van der Waals surface area contributed by atoms with Crippen molar-refractivity contribution in [3.8, 4) is 0 Å². The van der Waals surface area contributed by atoms with Crippen molar-refractivity contribution in [2.45, 2.75) is 44.9 Å². The van der Waals surface area contributed by atoms with Gasteiger partial charge in [-0.1, -0.05) is 30.3 Å². The molecule has 0 heterocycles. The molecule has 3 unspecified atom stereocenters. The molecule has 1 saturated carbocycles. The maximum Gasteiger partial charge on any atom is 0.308 e. The molecule has 0 bridgehead atoms. The van der Waals surface area contributed by atoms with Crippen LogP contribution >= 0.6 is 0 Å². The summed E-state index contributed by atoms with van der Waals surface area (Å²) in [6.45, 7) is 3.50. The van der Waals surface area contributed by atoms with Gasteiger partial charge in [-0.2, -0.15) is 0 Å². The van der Waals surface area contributed by atoms with Crippen molar-refractivity contribution in [2.24, 2.45) is 5.92 Å². The molecular weight excluding hydrogens is 300 g/mol. The lowest BCUT2D eigenvalue weighted by Crippen LogP contribution is -2.33. The number of hydrogen-bond acceptors (Lipinski definition) is 5. The number of benzene rings is 1. The van der Waals surface area contributed by atoms with Gasteiger partial charge in [0, 0.05) is 11.3 Å². The lowest BCUT2D eigenvalue weighted by molar-refractivity contribution is -0.497. The number of esters is 1. The Balaban J connectivity index is 2.04. The van der Waals surface area contributed by atoms with Gasteiger partial charge in [-0.3, -0.25) is 19.7 Å². The summed E-state index contributed by atoms with van der Waals surface area (Å²) in [5.41, 5.74) is 0.764. The average molecular weight is 320 g/mol. The summed E-state index contributed by atoms with van der Waals surface area (Å²) in [7, 11) is 0. The van der Waals surface area contributed by atoms with E-state index in [-0.39, 0.29) is 18.9 Å². The summed E-state index contributed by atoms with van der Waals surface area (Å²) in [4.78, 5) is 34.3. The summed E-state index contributed by atoms with van der Waals surface area (Å²) in [6.07, 6.45) is -0.00229. The number of carbonyl (C=O) groups is 2. The largest absolute Gasteiger partial charge is 0.463 e. The van der Waals surface area contributed by atoms with Crippen LogP contribution in [0.4, 0.5) is 0 Å². The van der Waals surface area contributed by atoms with E-state index in [9.17, 15) is 19.7 Å². The normalized spacial score (nSPS) is 20.7. The number of rotatable bonds is 7. The maximum atomic E-state index is 12.1. The molecular formula is C16H20N2O5. The molecule has 0 aromatic heterocycles. The Morgan fingerprint density at radius 1 is 1.35 bits per heavy atom. The van der Waals surface area contributed by atoms with E-state index in [1.807, 2.05) is 6.07 Å². The first-order chi connectivity index (χ1) is 10.9. The molecule has 0 saturated heterocycles. The van der Waals surface area contributed by atoms with E-state index in [1.165, 1.54) is 0 Å². The quantitative estimate of drug-likeness (QED) is 0.469. The van der Waals surface area contributed by atoms with Gasteiger partial charge in [-0.15, -0.1) is 0 Å². The molecule has 1 fully saturated rings. The van der Waals surface area contributed by atoms with Crippen LogP contribution in [-0.2, 0) is 14.3 Å². The van der Waals surface area contributed by atoms with Crippen LogP contribution in [0.2, 0.25) is 0 Å². The molecule has 1 amide bonds. The van der Waals surface area contributed by atoms with Crippen LogP contribution in [0.3, 0.4) is 0 Å². The standard InChI is InChI=1S/C16H20N2O5/c1-10(2)23-15(19)9-13(11-6-4-3-5-7-11)17-16(20)12-8-14(12)18(21)22/h3-7,10,12-14H,8-9H2,1-2H3,(H,17,20). The molecule has 2 rings (SSSR count). The van der Waals surface area contributed by atoms with Crippen molar-refractivity contribution < 1.29 is 19.2 Å². The zero-order valence-corrected chi connectivity index (χ0v) is 13.1. The van der Waals surface area contributed by atoms with E-state index in [0.29, 0.717) is 0 Å². The molecule has 23 heavy (non-hydrogen) atoms. The first-order valence-corrected chi connectivity index (χ1v) is 7.56. The predicted octanol–water partition coefficient (Wildman–Crippen LogP) is 1.85. The zero-order valence-electron chi connectivity index (χ0n) is 13.1. The maximum absolute atomic E-state index is 12.1. The van der Waals surface area contributed by atoms with Crippen LogP contribution in [0.25, 0.3) is 0 Å². The third-order valence-corrected chi connectivity index (χ3v) is 3.62. The van der Waals surface area contributed by atoms with E-state index in [2.05, 4.69) is 5.32 Å². The monoisotopic (exact) mass is 320 g/mol. The highest BCUT2D eigenvalue weighted by Crippen LogP contribution is 2.34. The van der Waals surface area contributed by atoms with Gasteiger partial charge in [0.05, 0.1) is 18.6 Å². The Morgan fingerprint density at radius 3 is 2.52 bits per heavy atom. The van der Waals surface area contributed by atoms with E-state index in [0.717, 1.165) is 5.56 Å². The minimum absolute atomic E-state index is 0.0101. The Kier molecular flexibility index (Phi) is 5.31. The Labute approximate surface area is 134 Å². The summed E-state index contributed by atoms with van der Waals surface area (Å²) in [6, 6.07) is 7.67. The second kappa shape index (κ2) is 7.21. The van der Waals surface area contributed by atoms with E-state index >= 15 is 0 Å². The zero-order chi connectivity index (χ0) is 17.0. The SMILES string of the molecule is CC(C)OC(=O)CC(NC(=O)C1CC1[N+](=O)[O-])c1ccccc1. The van der Waals surface area contributed by atoms with Crippen LogP contribution in [0, 0.1) is 16.0 Å². The highest BCUT2D eigenvalue weighted by Gasteiger charge is 2.53. The number of nitro groups is 1. The molecule has 0 spiro atoms. The van der Waals surface area contributed by atoms with Gasteiger partial charge in [-0.05, 0) is 19.4 Å². The number of amides is 1. The predicted molar refractivity (Wildman–Crippen MR) is 82.1 cm³/mol. The molecule has 1 N–H and O–H groups in total. The summed E-state index contributed by atoms with van der Waals surface area (Å²) in [5, 5.41) is 13.4. The Hall–Kier alpha value is -2.44. The van der Waals surface area contributed by atoms with Crippen molar-refractivity contribution in [1.82, 2.24) is 5.32 Å². The summed E-state index contributed by atoms with van der Waals surface area (Å²) in [5.74, 6) is -1.42. The summed E-state index contributed by atoms with van der Waals surface area (Å²) < 4.78 is 5.12. The second-order valence-corrected chi connectivity index (χ2v) is 5.91. The van der Waals surface area contributed by atoms with Crippen molar-refractivity contribution in [3.05, 3.63) is 46.0 Å². The van der Waals surface area contributed by atoms with Gasteiger partial charge in [-0.25, -0.2) is 0 Å². The Morgan fingerprint density at radius 2 is 2.00 bits per heavy atom. The second-order valence-electron chi connectivity index (χ2n) is 5.91. The lowest BCUT2D eigenvalue weighted by atomic mass is 10.0. The molecule has 3 atom stereocenters. The van der Waals surface area contributed by atoms with Gasteiger partial charge in [0.25, 0.3) is 0 Å². The number of nitrogens with zero attached hydrogens (tertiary/aromatic N) is 1. The average Bonchev–Trinajstić information content (AvgIpc) is 3.27. The summed E-state index contributed by atoms with van der Waals surface area (Å²) >= 11 is 0. The van der Waals surface area contributed by atoms with Crippen LogP contribution in [0.1, 0.15) is 38.3 Å². The molecule has 7 nitrogen and oxygen atoms in total. The third kappa shape index (κ3) is 4.77. The van der Waals surface area contributed by atoms with Crippen LogP contribution in [0.15, 0.2) is 30.3 Å². The molecule has 1 aromatic rings. The number of ether oxygens (including phenoxy) is 1. The fourth-order valence-corrected chi connectivity index (χ4v) is 2.39. The molecule has 0 radical (unpaired) electrons. The van der Waals surface area contributed by atoms with Gasteiger partial charge < -0.3 is 10.1 Å². The molecule has 7 heteroatoms. The van der Waals surface area contributed by atoms with E-state index in [4.69, 9.17) is 4.74 Å². The van der Waals surface area contributed by atoms with Crippen molar-refractivity contribution in [3.63, 3.8) is 0 Å².